The summed E-state index contributed by atoms with van der Waals surface area (Å²) < 4.78 is 0. The van der Waals surface area contributed by atoms with Gasteiger partial charge in [-0.3, -0.25) is 4.90 Å². The Hall–Kier alpha value is -0.0800. The summed E-state index contributed by atoms with van der Waals surface area (Å²) in [5.74, 6) is 0. The van der Waals surface area contributed by atoms with E-state index in [-0.39, 0.29) is 11.6 Å². The number of rotatable bonds is 2. The Kier molecular flexibility index (Phi) is 2.79. The number of likely N-dealkylation sites (tertiary alicyclic amines) is 1. The van der Waals surface area contributed by atoms with Crippen LogP contribution in [-0.2, 0) is 0 Å². The first-order valence-corrected chi connectivity index (χ1v) is 4.94. The second-order valence-electron chi connectivity index (χ2n) is 4.45. The first-order chi connectivity index (χ1) is 5.49. The van der Waals surface area contributed by atoms with E-state index >= 15 is 0 Å². The third kappa shape index (κ3) is 1.64. The first kappa shape index (κ1) is 10.0. The van der Waals surface area contributed by atoms with Crippen LogP contribution in [0.3, 0.4) is 0 Å². The number of aliphatic hydroxyl groups excluding tert-OH is 1. The van der Waals surface area contributed by atoms with E-state index in [1.165, 1.54) is 0 Å². The lowest BCUT2D eigenvalue weighted by Crippen LogP contribution is -2.44. The molecule has 0 saturated carbocycles. The summed E-state index contributed by atoms with van der Waals surface area (Å²) in [5, 5.41) is 9.57. The van der Waals surface area contributed by atoms with Gasteiger partial charge in [0.15, 0.2) is 0 Å². The van der Waals surface area contributed by atoms with Crippen molar-refractivity contribution in [3.05, 3.63) is 0 Å². The predicted octanol–water partition coefficient (Wildman–Crippen LogP) is 1.63. The molecule has 1 saturated heterocycles. The number of hydrogen-bond acceptors (Lipinski definition) is 2. The van der Waals surface area contributed by atoms with Gasteiger partial charge in [-0.25, -0.2) is 0 Å². The maximum atomic E-state index is 9.57. The molecule has 2 nitrogen and oxygen atoms in total. The molecule has 1 fully saturated rings. The second kappa shape index (κ2) is 3.35. The van der Waals surface area contributed by atoms with Crippen molar-refractivity contribution < 1.29 is 5.11 Å². The van der Waals surface area contributed by atoms with Gasteiger partial charge in [0, 0.05) is 18.1 Å². The quantitative estimate of drug-likeness (QED) is 0.682. The molecule has 0 aliphatic carbocycles. The second-order valence-corrected chi connectivity index (χ2v) is 4.45. The normalized spacial score (nSPS) is 38.0. The van der Waals surface area contributed by atoms with Crippen LogP contribution >= 0.6 is 0 Å². The summed E-state index contributed by atoms with van der Waals surface area (Å²) in [5.41, 5.74) is 0.230. The van der Waals surface area contributed by atoms with Crippen LogP contribution in [0.4, 0.5) is 0 Å². The van der Waals surface area contributed by atoms with Crippen LogP contribution in [0, 0.1) is 0 Å². The van der Waals surface area contributed by atoms with Gasteiger partial charge >= 0.3 is 0 Å². The zero-order valence-electron chi connectivity index (χ0n) is 8.67. The fourth-order valence-corrected chi connectivity index (χ4v) is 2.32. The SMILES string of the molecule is CC[C@]1(C)C[C@@H](O)CN1C(C)C. The van der Waals surface area contributed by atoms with Crippen molar-refractivity contribution in [2.24, 2.45) is 0 Å². The average molecular weight is 171 g/mol. The van der Waals surface area contributed by atoms with Crippen LogP contribution in [0.25, 0.3) is 0 Å². The molecule has 0 radical (unpaired) electrons. The number of β-amino-alcohol motifs (C(OH)–C–C–N with tert-alkyl or cyclic N) is 1. The molecule has 0 unspecified atom stereocenters. The van der Waals surface area contributed by atoms with E-state index in [1.54, 1.807) is 0 Å². The van der Waals surface area contributed by atoms with Gasteiger partial charge in [-0.2, -0.15) is 0 Å². The van der Waals surface area contributed by atoms with Crippen LogP contribution < -0.4 is 0 Å². The van der Waals surface area contributed by atoms with Crippen LogP contribution in [0.1, 0.15) is 40.5 Å². The molecular formula is C10H21NO. The van der Waals surface area contributed by atoms with Crippen molar-refractivity contribution in [2.45, 2.75) is 58.2 Å². The maximum absolute atomic E-state index is 9.57. The highest BCUT2D eigenvalue weighted by Gasteiger charge is 2.40. The van der Waals surface area contributed by atoms with Crippen molar-refractivity contribution in [3.63, 3.8) is 0 Å². The number of aliphatic hydroxyl groups is 1. The van der Waals surface area contributed by atoms with Crippen LogP contribution in [0.15, 0.2) is 0 Å². The highest BCUT2D eigenvalue weighted by atomic mass is 16.3. The molecule has 0 aromatic heterocycles. The highest BCUT2D eigenvalue weighted by Crippen LogP contribution is 2.33. The van der Waals surface area contributed by atoms with Gasteiger partial charge in [0.1, 0.15) is 0 Å². The zero-order chi connectivity index (χ0) is 9.35. The first-order valence-electron chi connectivity index (χ1n) is 4.94. The van der Waals surface area contributed by atoms with Crippen LogP contribution in [0.5, 0.6) is 0 Å². The molecule has 0 amide bonds. The Morgan fingerprint density at radius 2 is 2.17 bits per heavy atom. The zero-order valence-corrected chi connectivity index (χ0v) is 8.67. The van der Waals surface area contributed by atoms with Crippen LogP contribution in [0.2, 0.25) is 0 Å². The molecular weight excluding hydrogens is 150 g/mol. The summed E-state index contributed by atoms with van der Waals surface area (Å²) in [4.78, 5) is 2.41. The fourth-order valence-electron chi connectivity index (χ4n) is 2.32. The molecule has 1 aliphatic rings. The minimum absolute atomic E-state index is 0.114. The third-order valence-corrected chi connectivity index (χ3v) is 3.16. The van der Waals surface area contributed by atoms with Crippen molar-refractivity contribution >= 4 is 0 Å². The van der Waals surface area contributed by atoms with Gasteiger partial charge in [0.2, 0.25) is 0 Å². The minimum Gasteiger partial charge on any atom is -0.392 e. The topological polar surface area (TPSA) is 23.5 Å². The van der Waals surface area contributed by atoms with E-state index in [0.29, 0.717) is 6.04 Å². The molecule has 1 rings (SSSR count). The fraction of sp³-hybridized carbons (Fsp3) is 1.00. The maximum Gasteiger partial charge on any atom is 0.0685 e. The van der Waals surface area contributed by atoms with E-state index < -0.39 is 0 Å². The molecule has 1 heterocycles. The van der Waals surface area contributed by atoms with Crippen molar-refractivity contribution in [1.82, 2.24) is 4.90 Å². The molecule has 1 aliphatic heterocycles. The largest absolute Gasteiger partial charge is 0.392 e. The van der Waals surface area contributed by atoms with Gasteiger partial charge in [0.05, 0.1) is 6.10 Å². The number of hydrogen-bond donors (Lipinski definition) is 1. The molecule has 0 bridgehead atoms. The van der Waals surface area contributed by atoms with E-state index in [4.69, 9.17) is 0 Å². The van der Waals surface area contributed by atoms with Gasteiger partial charge in [-0.05, 0) is 33.6 Å². The van der Waals surface area contributed by atoms with E-state index in [0.717, 1.165) is 19.4 Å². The Labute approximate surface area is 75.6 Å². The van der Waals surface area contributed by atoms with E-state index in [9.17, 15) is 5.11 Å². The van der Waals surface area contributed by atoms with Gasteiger partial charge < -0.3 is 5.11 Å². The predicted molar refractivity (Wildman–Crippen MR) is 51.2 cm³/mol. The highest BCUT2D eigenvalue weighted by molar-refractivity contribution is 4.96. The van der Waals surface area contributed by atoms with Gasteiger partial charge in [-0.15, -0.1) is 0 Å². The lowest BCUT2D eigenvalue weighted by atomic mass is 9.94. The molecule has 0 aromatic carbocycles. The van der Waals surface area contributed by atoms with E-state index in [2.05, 4.69) is 32.6 Å². The summed E-state index contributed by atoms with van der Waals surface area (Å²) >= 11 is 0. The Morgan fingerprint density at radius 3 is 2.50 bits per heavy atom. The van der Waals surface area contributed by atoms with E-state index in [1.807, 2.05) is 0 Å². The van der Waals surface area contributed by atoms with Gasteiger partial charge in [0.25, 0.3) is 0 Å². The molecule has 2 atom stereocenters. The van der Waals surface area contributed by atoms with Crippen molar-refractivity contribution in [3.8, 4) is 0 Å². The molecule has 0 spiro atoms. The molecule has 0 aromatic rings. The Bertz CT molecular complexity index is 158. The van der Waals surface area contributed by atoms with Crippen molar-refractivity contribution in [1.29, 1.82) is 0 Å². The lowest BCUT2D eigenvalue weighted by Gasteiger charge is -2.37. The Morgan fingerprint density at radius 1 is 1.58 bits per heavy atom. The lowest BCUT2D eigenvalue weighted by molar-refractivity contribution is 0.111. The molecule has 2 heteroatoms. The summed E-state index contributed by atoms with van der Waals surface area (Å²) in [6.45, 7) is 9.70. The minimum atomic E-state index is -0.114. The number of nitrogens with zero attached hydrogens (tertiary/aromatic N) is 1. The smallest absolute Gasteiger partial charge is 0.0685 e. The summed E-state index contributed by atoms with van der Waals surface area (Å²) in [6.07, 6.45) is 1.95. The van der Waals surface area contributed by atoms with Crippen molar-refractivity contribution in [2.75, 3.05) is 6.54 Å². The molecule has 72 valence electrons. The van der Waals surface area contributed by atoms with Crippen LogP contribution in [-0.4, -0.2) is 34.2 Å². The summed E-state index contributed by atoms with van der Waals surface area (Å²) in [6, 6.07) is 0.548. The molecule has 1 N–H and O–H groups in total. The monoisotopic (exact) mass is 171 g/mol. The average Bonchev–Trinajstić information content (AvgIpc) is 2.27. The summed E-state index contributed by atoms with van der Waals surface area (Å²) in [7, 11) is 0. The standard InChI is InChI=1S/C10H21NO/c1-5-10(4)6-9(12)7-11(10)8(2)3/h8-9,12H,5-7H2,1-4H3/t9-,10-/m1/s1. The Balaban J connectivity index is 2.72. The molecule has 12 heavy (non-hydrogen) atoms. The third-order valence-electron chi connectivity index (χ3n) is 3.16. The van der Waals surface area contributed by atoms with Gasteiger partial charge in [-0.1, -0.05) is 6.92 Å².